The quantitative estimate of drug-likeness (QED) is 0.640. The van der Waals surface area contributed by atoms with Gasteiger partial charge in [0.2, 0.25) is 5.91 Å². The summed E-state index contributed by atoms with van der Waals surface area (Å²) in [6, 6.07) is 22.5. The summed E-state index contributed by atoms with van der Waals surface area (Å²) in [4.78, 5) is 26.9. The highest BCUT2D eigenvalue weighted by Gasteiger charge is 2.20. The Morgan fingerprint density at radius 2 is 1.58 bits per heavy atom. The van der Waals surface area contributed by atoms with Crippen molar-refractivity contribution in [3.63, 3.8) is 0 Å². The molecule has 0 saturated heterocycles. The van der Waals surface area contributed by atoms with Crippen LogP contribution in [-0.4, -0.2) is 36.9 Å². The third-order valence-electron chi connectivity index (χ3n) is 5.42. The van der Waals surface area contributed by atoms with Crippen molar-refractivity contribution in [1.29, 1.82) is 0 Å². The third kappa shape index (κ3) is 5.04. The normalized spacial score (nSPS) is 12.6. The number of rotatable bonds is 6. The second-order valence-corrected chi connectivity index (χ2v) is 7.45. The van der Waals surface area contributed by atoms with E-state index >= 15 is 0 Å². The van der Waals surface area contributed by atoms with E-state index in [1.165, 1.54) is 11.1 Å². The molecule has 158 valence electrons. The molecule has 0 aliphatic carbocycles. The molecular formula is C25H25N3O3. The number of hydrogen-bond donors (Lipinski definition) is 2. The number of carbonyl (C=O) groups excluding carboxylic acids is 2. The Bertz CT molecular complexity index is 1060. The van der Waals surface area contributed by atoms with Gasteiger partial charge in [-0.15, -0.1) is 0 Å². The second kappa shape index (κ2) is 9.34. The predicted octanol–water partition coefficient (Wildman–Crippen LogP) is 3.94. The molecular weight excluding hydrogens is 390 g/mol. The number of nitrogens with one attached hydrogen (secondary N) is 2. The molecule has 4 rings (SSSR count). The maximum absolute atomic E-state index is 12.6. The number of methoxy groups -OCH3 is 1. The molecule has 3 aromatic carbocycles. The molecule has 1 aliphatic rings. The summed E-state index contributed by atoms with van der Waals surface area (Å²) in [7, 11) is 1.60. The maximum Gasteiger partial charge on any atom is 0.255 e. The second-order valence-electron chi connectivity index (χ2n) is 7.45. The molecule has 1 aliphatic heterocycles. The van der Waals surface area contributed by atoms with Gasteiger partial charge in [-0.1, -0.05) is 24.3 Å². The minimum atomic E-state index is -0.195. The average Bonchev–Trinajstić information content (AvgIpc) is 2.83. The van der Waals surface area contributed by atoms with Crippen LogP contribution in [0.25, 0.3) is 0 Å². The van der Waals surface area contributed by atoms with Crippen LogP contribution >= 0.6 is 0 Å². The molecule has 2 amide bonds. The lowest BCUT2D eigenvalue weighted by Gasteiger charge is -2.29. The lowest BCUT2D eigenvalue weighted by molar-refractivity contribution is -0.130. The zero-order valence-electron chi connectivity index (χ0n) is 17.4. The van der Waals surface area contributed by atoms with Crippen LogP contribution in [0.2, 0.25) is 0 Å². The Labute approximate surface area is 181 Å². The van der Waals surface area contributed by atoms with Gasteiger partial charge in [-0.25, -0.2) is 0 Å². The monoisotopic (exact) mass is 415 g/mol. The van der Waals surface area contributed by atoms with Crippen LogP contribution in [0.5, 0.6) is 5.75 Å². The summed E-state index contributed by atoms with van der Waals surface area (Å²) in [6.45, 7) is 1.61. The molecule has 3 aromatic rings. The first-order valence-corrected chi connectivity index (χ1v) is 10.3. The van der Waals surface area contributed by atoms with Crippen LogP contribution in [0.15, 0.2) is 72.8 Å². The highest BCUT2D eigenvalue weighted by Crippen LogP contribution is 2.19. The number of amides is 2. The molecule has 0 radical (unpaired) electrons. The van der Waals surface area contributed by atoms with Gasteiger partial charge >= 0.3 is 0 Å². The van der Waals surface area contributed by atoms with E-state index in [1.807, 2.05) is 29.2 Å². The lowest BCUT2D eigenvalue weighted by Crippen LogP contribution is -2.39. The van der Waals surface area contributed by atoms with E-state index in [1.54, 1.807) is 43.5 Å². The van der Waals surface area contributed by atoms with E-state index in [0.717, 1.165) is 24.4 Å². The summed E-state index contributed by atoms with van der Waals surface area (Å²) in [5, 5.41) is 6.01. The topological polar surface area (TPSA) is 70.7 Å². The Kier molecular flexibility index (Phi) is 6.17. The van der Waals surface area contributed by atoms with Crippen LogP contribution in [-0.2, 0) is 17.8 Å². The molecule has 6 nitrogen and oxygen atoms in total. The van der Waals surface area contributed by atoms with Crippen molar-refractivity contribution in [2.75, 3.05) is 30.8 Å². The summed E-state index contributed by atoms with van der Waals surface area (Å²) >= 11 is 0. The fourth-order valence-electron chi connectivity index (χ4n) is 3.62. The molecule has 2 N–H and O–H groups in total. The summed E-state index contributed by atoms with van der Waals surface area (Å²) in [5.74, 6) is 0.604. The van der Waals surface area contributed by atoms with Crippen molar-refractivity contribution in [1.82, 2.24) is 4.90 Å². The SMILES string of the molecule is COc1ccc(NC(=O)c2ccc(NCC(=O)N3CCc4ccccc4C3)cc2)cc1. The Morgan fingerprint density at radius 1 is 0.903 bits per heavy atom. The van der Waals surface area contributed by atoms with Crippen molar-refractivity contribution in [2.45, 2.75) is 13.0 Å². The highest BCUT2D eigenvalue weighted by atomic mass is 16.5. The van der Waals surface area contributed by atoms with E-state index < -0.39 is 0 Å². The fraction of sp³-hybridized carbons (Fsp3) is 0.200. The van der Waals surface area contributed by atoms with Crippen LogP contribution in [0.3, 0.4) is 0 Å². The van der Waals surface area contributed by atoms with E-state index in [0.29, 0.717) is 17.8 Å². The molecule has 1 heterocycles. The number of nitrogens with zero attached hydrogens (tertiary/aromatic N) is 1. The van der Waals surface area contributed by atoms with Gasteiger partial charge < -0.3 is 20.3 Å². The average molecular weight is 415 g/mol. The third-order valence-corrected chi connectivity index (χ3v) is 5.42. The van der Waals surface area contributed by atoms with Crippen LogP contribution in [0, 0.1) is 0 Å². The molecule has 6 heteroatoms. The van der Waals surface area contributed by atoms with Gasteiger partial charge in [-0.3, -0.25) is 9.59 Å². The summed E-state index contributed by atoms with van der Waals surface area (Å²) < 4.78 is 5.12. The van der Waals surface area contributed by atoms with Crippen LogP contribution in [0.4, 0.5) is 11.4 Å². The van der Waals surface area contributed by atoms with Gasteiger partial charge in [0.25, 0.3) is 5.91 Å². The minimum absolute atomic E-state index is 0.0656. The standard InChI is InChI=1S/C25H25N3O3/c1-31-23-12-10-22(11-13-23)27-25(30)19-6-8-21(9-7-19)26-16-24(29)28-15-14-18-4-2-3-5-20(18)17-28/h2-13,26H,14-17H2,1H3,(H,27,30). The maximum atomic E-state index is 12.6. The van der Waals surface area contributed by atoms with Gasteiger partial charge in [-0.05, 0) is 66.1 Å². The van der Waals surface area contributed by atoms with Gasteiger partial charge in [0, 0.05) is 30.0 Å². The van der Waals surface area contributed by atoms with Crippen LogP contribution in [0.1, 0.15) is 21.5 Å². The van der Waals surface area contributed by atoms with E-state index in [4.69, 9.17) is 4.74 Å². The number of hydrogen-bond acceptors (Lipinski definition) is 4. The Hall–Kier alpha value is -3.80. The van der Waals surface area contributed by atoms with Gasteiger partial charge in [0.1, 0.15) is 5.75 Å². The van der Waals surface area contributed by atoms with Crippen molar-refractivity contribution in [3.05, 3.63) is 89.5 Å². The minimum Gasteiger partial charge on any atom is -0.497 e. The summed E-state index contributed by atoms with van der Waals surface area (Å²) in [5.41, 5.74) is 4.58. The van der Waals surface area contributed by atoms with Crippen molar-refractivity contribution >= 4 is 23.2 Å². The van der Waals surface area contributed by atoms with E-state index in [-0.39, 0.29) is 18.4 Å². The summed E-state index contributed by atoms with van der Waals surface area (Å²) in [6.07, 6.45) is 0.889. The number of carbonyl (C=O) groups is 2. The van der Waals surface area contributed by atoms with Crippen molar-refractivity contribution in [2.24, 2.45) is 0 Å². The predicted molar refractivity (Wildman–Crippen MR) is 121 cm³/mol. The van der Waals surface area contributed by atoms with Gasteiger partial charge in [0.05, 0.1) is 13.7 Å². The van der Waals surface area contributed by atoms with E-state index in [9.17, 15) is 9.59 Å². The van der Waals surface area contributed by atoms with E-state index in [2.05, 4.69) is 22.8 Å². The van der Waals surface area contributed by atoms with Crippen LogP contribution < -0.4 is 15.4 Å². The molecule has 31 heavy (non-hydrogen) atoms. The molecule has 0 saturated carbocycles. The molecule has 0 bridgehead atoms. The molecule has 0 aromatic heterocycles. The zero-order valence-corrected chi connectivity index (χ0v) is 17.4. The van der Waals surface area contributed by atoms with Crippen molar-refractivity contribution < 1.29 is 14.3 Å². The fourth-order valence-corrected chi connectivity index (χ4v) is 3.62. The number of benzene rings is 3. The molecule has 0 spiro atoms. The molecule has 0 fully saturated rings. The Morgan fingerprint density at radius 3 is 2.29 bits per heavy atom. The number of fused-ring (bicyclic) bond motifs is 1. The van der Waals surface area contributed by atoms with Crippen molar-refractivity contribution in [3.8, 4) is 5.75 Å². The highest BCUT2D eigenvalue weighted by molar-refractivity contribution is 6.04. The largest absolute Gasteiger partial charge is 0.497 e. The van der Waals surface area contributed by atoms with Gasteiger partial charge in [0.15, 0.2) is 0 Å². The molecule has 0 atom stereocenters. The Balaban J connectivity index is 1.29. The zero-order chi connectivity index (χ0) is 21.6. The molecule has 0 unspecified atom stereocenters. The first kappa shape index (κ1) is 20.5. The first-order valence-electron chi connectivity index (χ1n) is 10.3. The lowest BCUT2D eigenvalue weighted by atomic mass is 10.00. The number of anilines is 2. The van der Waals surface area contributed by atoms with Gasteiger partial charge in [-0.2, -0.15) is 0 Å². The smallest absolute Gasteiger partial charge is 0.255 e. The number of ether oxygens (including phenoxy) is 1. The first-order chi connectivity index (χ1) is 15.1.